The van der Waals surface area contributed by atoms with Gasteiger partial charge in [0.25, 0.3) is 0 Å². The molecule has 1 heteroatoms. The van der Waals surface area contributed by atoms with Gasteiger partial charge in [-0.3, -0.25) is 0 Å². The Morgan fingerprint density at radius 3 is 2.70 bits per heavy atom. The summed E-state index contributed by atoms with van der Waals surface area (Å²) in [6, 6.07) is 0. The van der Waals surface area contributed by atoms with Crippen molar-refractivity contribution in [3.8, 4) is 0 Å². The zero-order valence-electron chi connectivity index (χ0n) is 6.64. The van der Waals surface area contributed by atoms with Crippen LogP contribution in [-0.2, 0) is 4.74 Å². The molecule has 1 fully saturated rings. The quantitative estimate of drug-likeness (QED) is 0.516. The van der Waals surface area contributed by atoms with Crippen LogP contribution in [0.1, 0.15) is 32.1 Å². The molecule has 0 aromatic rings. The Morgan fingerprint density at radius 1 is 1.30 bits per heavy atom. The highest BCUT2D eigenvalue weighted by Crippen LogP contribution is 2.28. The van der Waals surface area contributed by atoms with Crippen molar-refractivity contribution in [2.45, 2.75) is 32.1 Å². The van der Waals surface area contributed by atoms with Crippen LogP contribution in [0, 0.1) is 12.8 Å². The van der Waals surface area contributed by atoms with Gasteiger partial charge in [-0.2, -0.15) is 0 Å². The molecule has 1 aliphatic rings. The molecule has 1 saturated carbocycles. The first kappa shape index (κ1) is 8.06. The first-order valence-electron chi connectivity index (χ1n) is 4.30. The van der Waals surface area contributed by atoms with Gasteiger partial charge in [0.15, 0.2) is 0 Å². The second-order valence-corrected chi connectivity index (χ2v) is 3.08. The SMILES string of the molecule is [CH2]CCCCOCC1CC1. The predicted molar refractivity (Wildman–Crippen MR) is 42.8 cm³/mol. The molecule has 10 heavy (non-hydrogen) atoms. The van der Waals surface area contributed by atoms with Crippen molar-refractivity contribution < 1.29 is 4.74 Å². The average Bonchev–Trinajstić information content (AvgIpc) is 2.71. The third kappa shape index (κ3) is 3.89. The van der Waals surface area contributed by atoms with Gasteiger partial charge in [-0.1, -0.05) is 19.8 Å². The zero-order chi connectivity index (χ0) is 7.23. The summed E-state index contributed by atoms with van der Waals surface area (Å²) in [5.74, 6) is 0.916. The van der Waals surface area contributed by atoms with Crippen LogP contribution in [0.3, 0.4) is 0 Å². The van der Waals surface area contributed by atoms with Crippen LogP contribution in [0.25, 0.3) is 0 Å². The molecule has 0 amide bonds. The third-order valence-corrected chi connectivity index (χ3v) is 1.84. The molecule has 0 atom stereocenters. The van der Waals surface area contributed by atoms with Crippen LogP contribution in [0.4, 0.5) is 0 Å². The molecule has 0 aromatic heterocycles. The molecule has 0 N–H and O–H groups in total. The number of hydrogen-bond donors (Lipinski definition) is 0. The van der Waals surface area contributed by atoms with E-state index >= 15 is 0 Å². The van der Waals surface area contributed by atoms with Gasteiger partial charge in [-0.25, -0.2) is 0 Å². The van der Waals surface area contributed by atoms with E-state index in [1.165, 1.54) is 25.7 Å². The Kier molecular flexibility index (Phi) is 3.81. The second kappa shape index (κ2) is 4.73. The maximum Gasteiger partial charge on any atom is 0.0494 e. The van der Waals surface area contributed by atoms with Gasteiger partial charge in [0.05, 0.1) is 0 Å². The van der Waals surface area contributed by atoms with E-state index in [2.05, 4.69) is 6.92 Å². The van der Waals surface area contributed by atoms with E-state index in [9.17, 15) is 0 Å². The number of ether oxygens (including phenoxy) is 1. The summed E-state index contributed by atoms with van der Waals surface area (Å²) < 4.78 is 5.43. The molecule has 0 heterocycles. The van der Waals surface area contributed by atoms with Crippen molar-refractivity contribution in [2.24, 2.45) is 5.92 Å². The smallest absolute Gasteiger partial charge is 0.0494 e. The number of hydrogen-bond acceptors (Lipinski definition) is 1. The lowest BCUT2D eigenvalue weighted by Crippen LogP contribution is -1.97. The molecule has 0 unspecified atom stereocenters. The standard InChI is InChI=1S/C9H17O/c1-2-3-4-7-10-8-9-5-6-9/h9H,1-8H2. The summed E-state index contributed by atoms with van der Waals surface area (Å²) in [5, 5.41) is 0. The molecule has 0 aromatic carbocycles. The summed E-state index contributed by atoms with van der Waals surface area (Å²) in [6.07, 6.45) is 6.25. The van der Waals surface area contributed by atoms with E-state index in [0.717, 1.165) is 25.6 Å². The van der Waals surface area contributed by atoms with E-state index in [4.69, 9.17) is 4.74 Å². The van der Waals surface area contributed by atoms with Gasteiger partial charge in [0.1, 0.15) is 0 Å². The van der Waals surface area contributed by atoms with Gasteiger partial charge < -0.3 is 4.74 Å². The molecule has 1 rings (SSSR count). The molecule has 0 saturated heterocycles. The fraction of sp³-hybridized carbons (Fsp3) is 0.889. The van der Waals surface area contributed by atoms with Crippen LogP contribution in [0.15, 0.2) is 0 Å². The lowest BCUT2D eigenvalue weighted by Gasteiger charge is -2.00. The highest BCUT2D eigenvalue weighted by Gasteiger charge is 2.20. The Balaban J connectivity index is 1.68. The predicted octanol–water partition coefficient (Wildman–Crippen LogP) is 2.42. The monoisotopic (exact) mass is 141 g/mol. The minimum absolute atomic E-state index is 0.916. The van der Waals surface area contributed by atoms with E-state index < -0.39 is 0 Å². The Bertz CT molecular complexity index is 76.8. The van der Waals surface area contributed by atoms with Crippen LogP contribution >= 0.6 is 0 Å². The maximum absolute atomic E-state index is 5.43. The molecule has 1 nitrogen and oxygen atoms in total. The van der Waals surface area contributed by atoms with E-state index in [-0.39, 0.29) is 0 Å². The van der Waals surface area contributed by atoms with Crippen molar-refractivity contribution in [1.29, 1.82) is 0 Å². The maximum atomic E-state index is 5.43. The van der Waals surface area contributed by atoms with Crippen molar-refractivity contribution >= 4 is 0 Å². The first-order chi connectivity index (χ1) is 4.93. The van der Waals surface area contributed by atoms with Crippen LogP contribution < -0.4 is 0 Å². The van der Waals surface area contributed by atoms with Crippen molar-refractivity contribution in [1.82, 2.24) is 0 Å². The summed E-state index contributed by atoms with van der Waals surface area (Å²) in [5.41, 5.74) is 0. The largest absolute Gasteiger partial charge is 0.381 e. The first-order valence-corrected chi connectivity index (χ1v) is 4.30. The van der Waals surface area contributed by atoms with Gasteiger partial charge in [0, 0.05) is 13.2 Å². The molecule has 0 spiro atoms. The summed E-state index contributed by atoms with van der Waals surface area (Å²) in [4.78, 5) is 0. The normalized spacial score (nSPS) is 17.7. The van der Waals surface area contributed by atoms with Gasteiger partial charge in [-0.15, -0.1) is 0 Å². The molecule has 1 aliphatic carbocycles. The average molecular weight is 141 g/mol. The highest BCUT2D eigenvalue weighted by molar-refractivity contribution is 4.71. The van der Waals surface area contributed by atoms with E-state index in [1.807, 2.05) is 0 Å². The molecule has 59 valence electrons. The number of unbranched alkanes of at least 4 members (excludes halogenated alkanes) is 2. The van der Waals surface area contributed by atoms with Crippen molar-refractivity contribution in [3.63, 3.8) is 0 Å². The fourth-order valence-corrected chi connectivity index (χ4v) is 0.915. The van der Waals surface area contributed by atoms with E-state index in [1.54, 1.807) is 0 Å². The summed E-state index contributed by atoms with van der Waals surface area (Å²) in [7, 11) is 0. The fourth-order valence-electron chi connectivity index (χ4n) is 0.915. The van der Waals surface area contributed by atoms with E-state index in [0.29, 0.717) is 0 Å². The molecular weight excluding hydrogens is 124 g/mol. The lowest BCUT2D eigenvalue weighted by molar-refractivity contribution is 0.121. The van der Waals surface area contributed by atoms with Gasteiger partial charge >= 0.3 is 0 Å². The van der Waals surface area contributed by atoms with Crippen molar-refractivity contribution in [3.05, 3.63) is 6.92 Å². The van der Waals surface area contributed by atoms with Crippen LogP contribution in [0.5, 0.6) is 0 Å². The topological polar surface area (TPSA) is 9.23 Å². The van der Waals surface area contributed by atoms with Crippen molar-refractivity contribution in [2.75, 3.05) is 13.2 Å². The zero-order valence-corrected chi connectivity index (χ0v) is 6.64. The lowest BCUT2D eigenvalue weighted by atomic mass is 10.3. The summed E-state index contributed by atoms with van der Waals surface area (Å²) >= 11 is 0. The molecule has 1 radical (unpaired) electrons. The van der Waals surface area contributed by atoms with Gasteiger partial charge in [-0.05, 0) is 25.2 Å². The van der Waals surface area contributed by atoms with Crippen LogP contribution in [-0.4, -0.2) is 13.2 Å². The minimum Gasteiger partial charge on any atom is -0.381 e. The second-order valence-electron chi connectivity index (χ2n) is 3.08. The Hall–Kier alpha value is -0.0400. The highest BCUT2D eigenvalue weighted by atomic mass is 16.5. The van der Waals surface area contributed by atoms with Crippen LogP contribution in [0.2, 0.25) is 0 Å². The summed E-state index contributed by atoms with van der Waals surface area (Å²) in [6.45, 7) is 5.74. The molecule has 0 bridgehead atoms. The Labute approximate surface area is 63.8 Å². The minimum atomic E-state index is 0.916. The number of rotatable bonds is 6. The Morgan fingerprint density at radius 2 is 2.10 bits per heavy atom. The third-order valence-electron chi connectivity index (χ3n) is 1.84. The molecular formula is C9H17O. The molecule has 0 aliphatic heterocycles. The van der Waals surface area contributed by atoms with Gasteiger partial charge in [0.2, 0.25) is 0 Å².